The molecule has 0 aliphatic rings. The number of benzene rings is 6. The molecule has 0 nitrogen and oxygen atoms in total. The summed E-state index contributed by atoms with van der Waals surface area (Å²) < 4.78 is 1.15. The summed E-state index contributed by atoms with van der Waals surface area (Å²) in [6.45, 7) is 0. The lowest BCUT2D eigenvalue weighted by Crippen LogP contribution is -1.88. The summed E-state index contributed by atoms with van der Waals surface area (Å²) in [5.41, 5.74) is 5.03. The molecule has 0 amide bonds. The summed E-state index contributed by atoms with van der Waals surface area (Å²) in [4.78, 5) is 0. The Morgan fingerprint density at radius 2 is 1.07 bits per heavy atom. The molecule has 6 aromatic carbocycles. The van der Waals surface area contributed by atoms with Crippen molar-refractivity contribution >= 4 is 48.2 Å². The maximum absolute atomic E-state index is 3.74. The van der Waals surface area contributed by atoms with Crippen molar-refractivity contribution in [3.05, 3.63) is 108 Å². The molecule has 0 heterocycles. The third kappa shape index (κ3) is 2.58. The van der Waals surface area contributed by atoms with Crippen LogP contribution < -0.4 is 0 Å². The second-order valence-electron chi connectivity index (χ2n) is 7.53. The second-order valence-corrected chi connectivity index (χ2v) is 8.38. The van der Waals surface area contributed by atoms with Gasteiger partial charge in [0.2, 0.25) is 0 Å². The molecule has 0 aromatic heterocycles. The highest BCUT2D eigenvalue weighted by Crippen LogP contribution is 2.41. The van der Waals surface area contributed by atoms with Crippen molar-refractivity contribution in [2.45, 2.75) is 0 Å². The minimum Gasteiger partial charge on any atom is -0.0622 e. The van der Waals surface area contributed by atoms with Gasteiger partial charge in [-0.3, -0.25) is 0 Å². The lowest BCUT2D eigenvalue weighted by molar-refractivity contribution is 1.61. The maximum atomic E-state index is 3.74. The van der Waals surface area contributed by atoms with Gasteiger partial charge in [-0.25, -0.2) is 0 Å². The fourth-order valence-electron chi connectivity index (χ4n) is 4.51. The van der Waals surface area contributed by atoms with Crippen LogP contribution in [0.2, 0.25) is 0 Å². The van der Waals surface area contributed by atoms with E-state index >= 15 is 0 Å². The quantitative estimate of drug-likeness (QED) is 0.240. The highest BCUT2D eigenvalue weighted by atomic mass is 79.9. The SMILES string of the molecule is Brc1ccc2ccc3c(-c4cccc(-c5ccccc5)c4)ccc4ccc1c2c43. The van der Waals surface area contributed by atoms with Gasteiger partial charge in [0, 0.05) is 4.47 Å². The second kappa shape index (κ2) is 6.43. The standard InChI is InChI=1S/C28H17Br/c29-26-16-12-20-10-14-24-23(13-9-19-11-15-25(26)28(20)27(19)24)22-8-4-7-21(17-22)18-5-2-1-3-6-18/h1-17H. The van der Waals surface area contributed by atoms with Gasteiger partial charge in [-0.2, -0.15) is 0 Å². The molecule has 0 spiro atoms. The molecule has 0 unspecified atom stereocenters. The van der Waals surface area contributed by atoms with Crippen LogP contribution in [-0.4, -0.2) is 0 Å². The van der Waals surface area contributed by atoms with E-state index in [-0.39, 0.29) is 0 Å². The van der Waals surface area contributed by atoms with Crippen molar-refractivity contribution < 1.29 is 0 Å². The highest BCUT2D eigenvalue weighted by molar-refractivity contribution is 9.10. The summed E-state index contributed by atoms with van der Waals surface area (Å²) in [5, 5.41) is 7.86. The normalized spacial score (nSPS) is 11.6. The summed E-state index contributed by atoms with van der Waals surface area (Å²) in [7, 11) is 0. The van der Waals surface area contributed by atoms with E-state index in [0.29, 0.717) is 0 Å². The molecule has 0 aliphatic carbocycles. The van der Waals surface area contributed by atoms with Crippen molar-refractivity contribution in [3.63, 3.8) is 0 Å². The molecule has 0 N–H and O–H groups in total. The molecular formula is C28H17Br. The molecule has 0 saturated carbocycles. The Morgan fingerprint density at radius 1 is 0.448 bits per heavy atom. The minimum absolute atomic E-state index is 1.15. The molecule has 136 valence electrons. The van der Waals surface area contributed by atoms with Gasteiger partial charge < -0.3 is 0 Å². The van der Waals surface area contributed by atoms with Crippen LogP contribution in [0.4, 0.5) is 0 Å². The van der Waals surface area contributed by atoms with E-state index < -0.39 is 0 Å². The van der Waals surface area contributed by atoms with Crippen molar-refractivity contribution in [1.29, 1.82) is 0 Å². The van der Waals surface area contributed by atoms with Gasteiger partial charge in [0.1, 0.15) is 0 Å². The van der Waals surface area contributed by atoms with Crippen LogP contribution in [0.1, 0.15) is 0 Å². The van der Waals surface area contributed by atoms with Crippen molar-refractivity contribution in [1.82, 2.24) is 0 Å². The van der Waals surface area contributed by atoms with E-state index in [9.17, 15) is 0 Å². The van der Waals surface area contributed by atoms with E-state index in [1.807, 2.05) is 0 Å². The smallest absolute Gasteiger partial charge is 0.0254 e. The molecule has 0 radical (unpaired) electrons. The van der Waals surface area contributed by atoms with Crippen LogP contribution in [0.3, 0.4) is 0 Å². The number of hydrogen-bond donors (Lipinski definition) is 0. The number of rotatable bonds is 2. The molecule has 6 aromatic rings. The molecule has 0 bridgehead atoms. The Balaban J connectivity index is 1.66. The van der Waals surface area contributed by atoms with Crippen LogP contribution in [0.5, 0.6) is 0 Å². The predicted octanol–water partition coefficient (Wildman–Crippen LogP) is 8.68. The molecule has 0 fully saturated rings. The monoisotopic (exact) mass is 432 g/mol. The van der Waals surface area contributed by atoms with Crippen LogP contribution in [0.25, 0.3) is 54.6 Å². The third-order valence-electron chi connectivity index (χ3n) is 5.89. The van der Waals surface area contributed by atoms with Gasteiger partial charge in [0.15, 0.2) is 0 Å². The van der Waals surface area contributed by atoms with Gasteiger partial charge in [-0.15, -0.1) is 0 Å². The van der Waals surface area contributed by atoms with Crippen LogP contribution in [0, 0.1) is 0 Å². The predicted molar refractivity (Wildman–Crippen MR) is 129 cm³/mol. The van der Waals surface area contributed by atoms with E-state index in [1.54, 1.807) is 0 Å². The zero-order chi connectivity index (χ0) is 19.4. The van der Waals surface area contributed by atoms with Gasteiger partial charge in [-0.1, -0.05) is 107 Å². The first kappa shape index (κ1) is 16.8. The molecule has 29 heavy (non-hydrogen) atoms. The first-order chi connectivity index (χ1) is 14.3. The largest absolute Gasteiger partial charge is 0.0622 e. The molecule has 0 saturated heterocycles. The molecule has 0 aliphatic heterocycles. The Hall–Kier alpha value is -3.16. The molecule has 0 atom stereocenters. The fourth-order valence-corrected chi connectivity index (χ4v) is 4.98. The van der Waals surface area contributed by atoms with Crippen molar-refractivity contribution in [3.8, 4) is 22.3 Å². The zero-order valence-electron chi connectivity index (χ0n) is 15.7. The number of hydrogen-bond acceptors (Lipinski definition) is 0. The van der Waals surface area contributed by atoms with Crippen LogP contribution in [-0.2, 0) is 0 Å². The maximum Gasteiger partial charge on any atom is 0.0254 e. The Bertz CT molecular complexity index is 1500. The van der Waals surface area contributed by atoms with Gasteiger partial charge in [0.05, 0.1) is 0 Å². The van der Waals surface area contributed by atoms with E-state index in [1.165, 1.54) is 54.6 Å². The summed E-state index contributed by atoms with van der Waals surface area (Å²) >= 11 is 3.74. The Kier molecular flexibility index (Phi) is 3.72. The molecule has 6 rings (SSSR count). The Labute approximate surface area is 177 Å². The fraction of sp³-hybridized carbons (Fsp3) is 0. The minimum atomic E-state index is 1.15. The number of halogens is 1. The van der Waals surface area contributed by atoms with Gasteiger partial charge in [0.25, 0.3) is 0 Å². The topological polar surface area (TPSA) is 0 Å². The van der Waals surface area contributed by atoms with Crippen LogP contribution in [0.15, 0.2) is 108 Å². The van der Waals surface area contributed by atoms with Crippen molar-refractivity contribution in [2.24, 2.45) is 0 Å². The average Bonchev–Trinajstić information content (AvgIpc) is 2.79. The summed E-state index contributed by atoms with van der Waals surface area (Å²) in [6, 6.07) is 37.3. The van der Waals surface area contributed by atoms with E-state index in [0.717, 1.165) is 4.47 Å². The van der Waals surface area contributed by atoms with E-state index in [4.69, 9.17) is 0 Å². The highest BCUT2D eigenvalue weighted by Gasteiger charge is 2.13. The zero-order valence-corrected chi connectivity index (χ0v) is 17.3. The van der Waals surface area contributed by atoms with Gasteiger partial charge in [-0.05, 0) is 66.7 Å². The molecule has 1 heteroatoms. The lowest BCUT2D eigenvalue weighted by atomic mass is 9.89. The van der Waals surface area contributed by atoms with E-state index in [2.05, 4.69) is 119 Å². The average molecular weight is 433 g/mol. The lowest BCUT2D eigenvalue weighted by Gasteiger charge is -2.15. The summed E-state index contributed by atoms with van der Waals surface area (Å²) in [5.74, 6) is 0. The summed E-state index contributed by atoms with van der Waals surface area (Å²) in [6.07, 6.45) is 0. The van der Waals surface area contributed by atoms with Crippen molar-refractivity contribution in [2.75, 3.05) is 0 Å². The third-order valence-corrected chi connectivity index (χ3v) is 6.58. The molecular weight excluding hydrogens is 416 g/mol. The van der Waals surface area contributed by atoms with Gasteiger partial charge >= 0.3 is 0 Å². The first-order valence-electron chi connectivity index (χ1n) is 9.81. The first-order valence-corrected chi connectivity index (χ1v) is 10.6. The van der Waals surface area contributed by atoms with Crippen LogP contribution >= 0.6 is 15.9 Å². The Morgan fingerprint density at radius 3 is 1.90 bits per heavy atom.